The van der Waals surface area contributed by atoms with E-state index in [1.165, 1.54) is 11.0 Å². The van der Waals surface area contributed by atoms with Crippen molar-refractivity contribution < 1.29 is 47.0 Å². The number of carboxylic acid groups (broad SMARTS) is 1. The number of aromatic nitrogens is 1. The molecule has 5 rings (SSSR count). The van der Waals surface area contributed by atoms with Gasteiger partial charge in [0.25, 0.3) is 5.91 Å². The first kappa shape index (κ1) is 39.2. The molecule has 3 aliphatic rings. The molecule has 5 atom stereocenters. The summed E-state index contributed by atoms with van der Waals surface area (Å²) in [6, 6.07) is 4.22. The van der Waals surface area contributed by atoms with E-state index in [1.54, 1.807) is 78.3 Å². The molecule has 53 heavy (non-hydrogen) atoms. The largest absolute Gasteiger partial charge is 0.497 e. The lowest BCUT2D eigenvalue weighted by molar-refractivity contribution is -0.145. The third-order valence-corrected chi connectivity index (χ3v) is 11.9. The molecule has 2 aromatic rings. The summed E-state index contributed by atoms with van der Waals surface area (Å²) in [5, 5.41) is 13.8. The molecule has 1 saturated heterocycles. The van der Waals surface area contributed by atoms with Crippen molar-refractivity contribution in [3.8, 4) is 11.6 Å². The van der Waals surface area contributed by atoms with E-state index in [4.69, 9.17) is 9.47 Å². The summed E-state index contributed by atoms with van der Waals surface area (Å²) in [4.78, 5) is 75.0. The number of hydrogen-bond acceptors (Lipinski definition) is 10. The minimum atomic E-state index is -3.95. The summed E-state index contributed by atoms with van der Waals surface area (Å²) in [6.07, 6.45) is 2.61. The van der Waals surface area contributed by atoms with Gasteiger partial charge in [-0.25, -0.2) is 18.2 Å². The van der Waals surface area contributed by atoms with Gasteiger partial charge in [0.05, 0.1) is 18.9 Å². The Labute approximate surface area is 308 Å². The van der Waals surface area contributed by atoms with Crippen LogP contribution in [0.1, 0.15) is 66.7 Å². The molecule has 1 aromatic carbocycles. The van der Waals surface area contributed by atoms with Crippen molar-refractivity contribution in [2.75, 3.05) is 13.7 Å². The van der Waals surface area contributed by atoms with Crippen molar-refractivity contribution in [3.63, 3.8) is 0 Å². The number of fused-ring (bicyclic) bond motifs is 1. The summed E-state index contributed by atoms with van der Waals surface area (Å²) in [6.45, 7) is 11.5. The summed E-state index contributed by atoms with van der Waals surface area (Å²) < 4.78 is 39.2. The fraction of sp³-hybridized carbons (Fsp3) is 0.514. The topological polar surface area (TPSA) is 202 Å². The number of hydrogen-bond donors (Lipinski definition) is 3. The lowest BCUT2D eigenvalue weighted by atomic mass is 9.96. The highest BCUT2D eigenvalue weighted by Crippen LogP contribution is 2.45. The Morgan fingerprint density at radius 3 is 2.45 bits per heavy atom. The van der Waals surface area contributed by atoms with E-state index >= 15 is 0 Å². The Balaban J connectivity index is 1.51. The van der Waals surface area contributed by atoms with Gasteiger partial charge < -0.3 is 24.8 Å². The molecule has 1 aliphatic heterocycles. The Morgan fingerprint density at radius 1 is 1.19 bits per heavy atom. The maximum Gasteiger partial charge on any atom is 0.408 e. The predicted octanol–water partition coefficient (Wildman–Crippen LogP) is 3.33. The number of sulfonamides is 1. The van der Waals surface area contributed by atoms with E-state index in [9.17, 15) is 37.5 Å². The predicted molar refractivity (Wildman–Crippen MR) is 195 cm³/mol. The minimum absolute atomic E-state index is 0.0782. The molecular weight excluding hydrogens is 706 g/mol. The molecule has 2 aliphatic carbocycles. The number of carbonyl (C=O) groups is 5. The van der Waals surface area contributed by atoms with Crippen molar-refractivity contribution in [2.24, 2.45) is 5.92 Å². The maximum atomic E-state index is 14.7. The number of pyridine rings is 1. The summed E-state index contributed by atoms with van der Waals surface area (Å²) in [5.74, 6) is -2.71. The second-order valence-electron chi connectivity index (χ2n) is 14.8. The number of methoxy groups -OCH3 is 1. The Morgan fingerprint density at radius 2 is 1.89 bits per heavy atom. The fourth-order valence-corrected chi connectivity index (χ4v) is 8.13. The second-order valence-corrected chi connectivity index (χ2v) is 16.8. The van der Waals surface area contributed by atoms with Crippen LogP contribution in [-0.4, -0.2) is 106 Å². The van der Waals surface area contributed by atoms with Crippen LogP contribution in [0.3, 0.4) is 0 Å². The molecule has 0 unspecified atom stereocenters. The van der Waals surface area contributed by atoms with Crippen molar-refractivity contribution in [2.45, 2.75) is 101 Å². The molecule has 1 aromatic heterocycles. The van der Waals surface area contributed by atoms with Gasteiger partial charge >= 0.3 is 6.09 Å². The zero-order chi connectivity index (χ0) is 39.0. The average Bonchev–Trinajstić information content (AvgIpc) is 4.03. The Bertz CT molecular complexity index is 1970. The van der Waals surface area contributed by atoms with E-state index in [1.807, 2.05) is 0 Å². The summed E-state index contributed by atoms with van der Waals surface area (Å²) >= 11 is 0. The molecule has 286 valence electrons. The monoisotopic (exact) mass is 753 g/mol. The Kier molecular flexibility index (Phi) is 11.0. The SMILES string of the molecule is C=C[C@@H]1C[C@]1(NC(=O)[C@@H]1C[C@@H](Oc2nccc3cc(OC)ccc23)CN1C(=O)[C@H](CC(=O)/C(C)=C/C)N(C(=O)O)C(C)(C)C)C(=O)NS(=O)(=O)C1CC1. The first-order valence-corrected chi connectivity index (χ1v) is 19.0. The van der Waals surface area contributed by atoms with Crippen molar-refractivity contribution >= 4 is 50.4 Å². The second kappa shape index (κ2) is 14.8. The minimum Gasteiger partial charge on any atom is -0.497 e. The van der Waals surface area contributed by atoms with Crippen LogP contribution in [0.25, 0.3) is 10.8 Å². The van der Waals surface area contributed by atoms with Gasteiger partial charge in [-0.3, -0.25) is 28.8 Å². The smallest absolute Gasteiger partial charge is 0.408 e. The lowest BCUT2D eigenvalue weighted by Crippen LogP contribution is -2.61. The molecule has 15 nitrogen and oxygen atoms in total. The standard InChI is InChI=1S/C37H47N5O10S/c1-8-21(3)30(43)18-29(42(35(47)48)36(4,5)6)33(45)41-20-25(52-32-27-13-10-24(51-7)16-22(27)14-15-38-32)17-28(41)31(44)39-37(19-23(37)9-2)34(46)40-53(49,50)26-11-12-26/h8-10,13-16,23,25-26,28-29H,2,11-12,17-20H2,1,3-7H3,(H,39,44)(H,40,46)(H,47,48)/b21-8+/t23-,25-,28+,29+,37-/m1/s1. The van der Waals surface area contributed by atoms with E-state index in [2.05, 4.69) is 21.6 Å². The molecule has 0 spiro atoms. The third kappa shape index (κ3) is 8.16. The van der Waals surface area contributed by atoms with Crippen LogP contribution in [0.15, 0.2) is 54.8 Å². The van der Waals surface area contributed by atoms with Crippen LogP contribution < -0.4 is 19.5 Å². The van der Waals surface area contributed by atoms with Crippen molar-refractivity contribution in [1.82, 2.24) is 24.8 Å². The lowest BCUT2D eigenvalue weighted by Gasteiger charge is -2.40. The van der Waals surface area contributed by atoms with E-state index in [0.717, 1.165) is 10.3 Å². The quantitative estimate of drug-likeness (QED) is 0.189. The van der Waals surface area contributed by atoms with Crippen molar-refractivity contribution in [3.05, 3.63) is 54.8 Å². The van der Waals surface area contributed by atoms with Gasteiger partial charge in [-0.15, -0.1) is 6.58 Å². The molecule has 4 amide bonds. The molecule has 0 radical (unpaired) electrons. The Hall–Kier alpha value is -4.99. The van der Waals surface area contributed by atoms with Gasteiger partial charge in [-0.2, -0.15) is 0 Å². The number of likely N-dealkylation sites (tertiary alicyclic amines) is 1. The number of Topliss-reactive ketones (excluding diaryl/α,β-unsaturated/α-hetero) is 1. The first-order chi connectivity index (χ1) is 24.9. The molecular formula is C37H47N5O10S. The van der Waals surface area contributed by atoms with E-state index in [-0.39, 0.29) is 25.3 Å². The first-order valence-electron chi connectivity index (χ1n) is 17.5. The highest BCUT2D eigenvalue weighted by molar-refractivity contribution is 7.91. The van der Waals surface area contributed by atoms with Crippen LogP contribution in [0.5, 0.6) is 11.6 Å². The summed E-state index contributed by atoms with van der Waals surface area (Å²) in [7, 11) is -2.41. The number of benzene rings is 1. The molecule has 2 saturated carbocycles. The van der Waals surface area contributed by atoms with Gasteiger partial charge in [-0.05, 0) is 89.1 Å². The van der Waals surface area contributed by atoms with Crippen LogP contribution in [-0.2, 0) is 29.2 Å². The molecule has 3 fully saturated rings. The van der Waals surface area contributed by atoms with Gasteiger partial charge in [0, 0.05) is 35.9 Å². The van der Waals surface area contributed by atoms with Crippen LogP contribution in [0.2, 0.25) is 0 Å². The van der Waals surface area contributed by atoms with Gasteiger partial charge in [0.15, 0.2) is 5.78 Å². The van der Waals surface area contributed by atoms with E-state index < -0.39 is 86.5 Å². The molecule has 16 heteroatoms. The van der Waals surface area contributed by atoms with Gasteiger partial charge in [0.1, 0.15) is 29.5 Å². The number of amides is 4. The van der Waals surface area contributed by atoms with Crippen LogP contribution in [0, 0.1) is 5.92 Å². The van der Waals surface area contributed by atoms with Gasteiger partial charge in [0.2, 0.25) is 27.7 Å². The summed E-state index contributed by atoms with van der Waals surface area (Å²) in [5.41, 5.74) is -2.45. The number of nitrogens with zero attached hydrogens (tertiary/aromatic N) is 3. The normalized spacial score (nSPS) is 23.5. The highest BCUT2D eigenvalue weighted by atomic mass is 32.2. The molecule has 0 bridgehead atoms. The zero-order valence-corrected chi connectivity index (χ0v) is 31.6. The number of carbonyl (C=O) groups excluding carboxylic acids is 4. The van der Waals surface area contributed by atoms with Crippen molar-refractivity contribution in [1.29, 1.82) is 0 Å². The third-order valence-electron chi connectivity index (χ3n) is 10.1. The number of ketones is 1. The van der Waals surface area contributed by atoms with Crippen LogP contribution in [0.4, 0.5) is 4.79 Å². The molecule has 3 N–H and O–H groups in total. The van der Waals surface area contributed by atoms with Gasteiger partial charge in [-0.1, -0.05) is 12.2 Å². The number of rotatable bonds is 14. The number of nitrogens with one attached hydrogen (secondary N) is 2. The van der Waals surface area contributed by atoms with Crippen LogP contribution >= 0.6 is 0 Å². The average molecular weight is 754 g/mol. The molecule has 2 heterocycles. The maximum absolute atomic E-state index is 14.7. The van der Waals surface area contributed by atoms with E-state index in [0.29, 0.717) is 29.6 Å². The zero-order valence-electron chi connectivity index (χ0n) is 30.7. The number of allylic oxidation sites excluding steroid dienone is 2. The highest BCUT2D eigenvalue weighted by Gasteiger charge is 2.62. The fourth-order valence-electron chi connectivity index (χ4n) is 6.77. The number of ether oxygens (including phenoxy) is 2.